The smallest absolute Gasteiger partial charge is 0.350 e. The normalized spacial score (nSPS) is 18.8. The predicted octanol–water partition coefficient (Wildman–Crippen LogP) is 4.82. The molecule has 0 atom stereocenters. The Bertz CT molecular complexity index is 1330. The monoisotopic (exact) mass is 488 g/mol. The van der Waals surface area contributed by atoms with E-state index in [1.807, 2.05) is 12.1 Å². The van der Waals surface area contributed by atoms with Gasteiger partial charge in [-0.05, 0) is 81.7 Å². The number of aryl methyl sites for hydroxylation is 4. The Hall–Kier alpha value is -3.32. The second kappa shape index (κ2) is 9.62. The first kappa shape index (κ1) is 24.4. The van der Waals surface area contributed by atoms with Gasteiger partial charge < -0.3 is 20.1 Å². The summed E-state index contributed by atoms with van der Waals surface area (Å²) in [7, 11) is 3.28. The van der Waals surface area contributed by atoms with Crippen molar-refractivity contribution in [2.75, 3.05) is 19.1 Å². The Morgan fingerprint density at radius 3 is 2.22 bits per heavy atom. The molecule has 1 saturated carbocycles. The maximum absolute atomic E-state index is 13.4. The van der Waals surface area contributed by atoms with Gasteiger partial charge in [0.2, 0.25) is 0 Å². The van der Waals surface area contributed by atoms with Gasteiger partial charge in [-0.15, -0.1) is 0 Å². The zero-order chi connectivity index (χ0) is 25.6. The number of fused-ring (bicyclic) bond motifs is 3. The van der Waals surface area contributed by atoms with Gasteiger partial charge in [0.25, 0.3) is 0 Å². The first-order chi connectivity index (χ1) is 17.3. The lowest BCUT2D eigenvalue weighted by atomic mass is 9.89. The zero-order valence-corrected chi connectivity index (χ0v) is 21.9. The molecule has 0 saturated heterocycles. The first-order valence-corrected chi connectivity index (χ1v) is 12.8. The SMILES string of the molecule is COc1cc2c(cc1OC)-c1cc(N(c3c(C)cc(C)cc3C)C3CCC(N)CC3)nc(=O)n1CC2. The highest BCUT2D eigenvalue weighted by Crippen LogP contribution is 2.41. The molecule has 2 N–H and O–H groups in total. The number of ether oxygens (including phenoxy) is 2. The molecule has 0 spiro atoms. The average molecular weight is 489 g/mol. The van der Waals surface area contributed by atoms with E-state index in [0.29, 0.717) is 23.9 Å². The topological polar surface area (TPSA) is 82.6 Å². The standard InChI is InChI=1S/C29H36N4O3/c1-17-12-18(2)28(19(3)13-17)33(22-8-6-21(30)7-9-22)27-16-24-23-15-26(36-5)25(35-4)14-20(23)10-11-32(24)29(34)31-27/h12-16,21-22H,6-11,30H2,1-5H3. The summed E-state index contributed by atoms with van der Waals surface area (Å²) >= 11 is 0. The number of aromatic nitrogens is 2. The van der Waals surface area contributed by atoms with E-state index in [4.69, 9.17) is 15.2 Å². The van der Waals surface area contributed by atoms with Gasteiger partial charge in [0.05, 0.1) is 19.9 Å². The van der Waals surface area contributed by atoms with Gasteiger partial charge in [-0.25, -0.2) is 4.79 Å². The maximum atomic E-state index is 13.4. The van der Waals surface area contributed by atoms with Crippen LogP contribution in [0.3, 0.4) is 0 Å². The molecule has 190 valence electrons. The van der Waals surface area contributed by atoms with Gasteiger partial charge in [-0.1, -0.05) is 17.7 Å². The third-order valence-electron chi connectivity index (χ3n) is 7.72. The highest BCUT2D eigenvalue weighted by Gasteiger charge is 2.30. The lowest BCUT2D eigenvalue weighted by Gasteiger charge is -2.39. The van der Waals surface area contributed by atoms with Crippen LogP contribution in [0.1, 0.15) is 47.9 Å². The van der Waals surface area contributed by atoms with Gasteiger partial charge in [0.15, 0.2) is 11.5 Å². The molecule has 7 nitrogen and oxygen atoms in total. The highest BCUT2D eigenvalue weighted by atomic mass is 16.5. The molecule has 0 amide bonds. The quantitative estimate of drug-likeness (QED) is 0.555. The van der Waals surface area contributed by atoms with Crippen LogP contribution in [-0.4, -0.2) is 35.9 Å². The fourth-order valence-electron chi connectivity index (χ4n) is 6.05. The molecule has 1 aliphatic heterocycles. The van der Waals surface area contributed by atoms with Gasteiger partial charge in [-0.3, -0.25) is 4.57 Å². The van der Waals surface area contributed by atoms with Crippen LogP contribution in [-0.2, 0) is 13.0 Å². The Morgan fingerprint density at radius 2 is 1.58 bits per heavy atom. The second-order valence-corrected chi connectivity index (χ2v) is 10.2. The summed E-state index contributed by atoms with van der Waals surface area (Å²) in [5.74, 6) is 2.05. The summed E-state index contributed by atoms with van der Waals surface area (Å²) in [6, 6.07) is 11.0. The third kappa shape index (κ3) is 4.26. The Morgan fingerprint density at radius 1 is 0.944 bits per heavy atom. The number of benzene rings is 2. The van der Waals surface area contributed by atoms with Crippen LogP contribution in [0.2, 0.25) is 0 Å². The van der Waals surface area contributed by atoms with E-state index in [1.54, 1.807) is 18.8 Å². The molecule has 2 heterocycles. The van der Waals surface area contributed by atoms with Crippen LogP contribution in [0.15, 0.2) is 35.1 Å². The van der Waals surface area contributed by atoms with E-state index in [1.165, 1.54) is 16.7 Å². The number of hydrogen-bond acceptors (Lipinski definition) is 6. The van der Waals surface area contributed by atoms with Crippen LogP contribution >= 0.6 is 0 Å². The summed E-state index contributed by atoms with van der Waals surface area (Å²) in [6.45, 7) is 7.00. The van der Waals surface area contributed by atoms with Gasteiger partial charge in [-0.2, -0.15) is 4.98 Å². The van der Waals surface area contributed by atoms with E-state index in [2.05, 4.69) is 48.9 Å². The molecule has 0 radical (unpaired) electrons. The van der Waals surface area contributed by atoms with E-state index < -0.39 is 0 Å². The summed E-state index contributed by atoms with van der Waals surface area (Å²) < 4.78 is 12.9. The lowest BCUT2D eigenvalue weighted by molar-refractivity contribution is 0.354. The average Bonchev–Trinajstić information content (AvgIpc) is 2.85. The number of rotatable bonds is 5. The van der Waals surface area contributed by atoms with Crippen molar-refractivity contribution in [1.82, 2.24) is 9.55 Å². The fraction of sp³-hybridized carbons (Fsp3) is 0.448. The molecule has 36 heavy (non-hydrogen) atoms. The van der Waals surface area contributed by atoms with Crippen molar-refractivity contribution in [2.45, 2.75) is 71.5 Å². The minimum absolute atomic E-state index is 0.220. The maximum Gasteiger partial charge on any atom is 0.350 e. The minimum Gasteiger partial charge on any atom is -0.493 e. The van der Waals surface area contributed by atoms with Crippen LogP contribution in [0.4, 0.5) is 11.5 Å². The van der Waals surface area contributed by atoms with Crippen LogP contribution in [0.25, 0.3) is 11.3 Å². The van der Waals surface area contributed by atoms with Crippen molar-refractivity contribution in [3.63, 3.8) is 0 Å². The molecule has 3 aromatic rings. The van der Waals surface area contributed by atoms with Crippen LogP contribution in [0, 0.1) is 20.8 Å². The molecule has 0 unspecified atom stereocenters. The Kier molecular flexibility index (Phi) is 6.51. The number of anilines is 2. The molecule has 5 rings (SSSR count). The molecule has 0 bridgehead atoms. The van der Waals surface area contributed by atoms with Crippen molar-refractivity contribution in [2.24, 2.45) is 5.73 Å². The second-order valence-electron chi connectivity index (χ2n) is 10.2. The zero-order valence-electron chi connectivity index (χ0n) is 21.9. The van der Waals surface area contributed by atoms with E-state index in [9.17, 15) is 4.79 Å². The highest BCUT2D eigenvalue weighted by molar-refractivity contribution is 5.75. The van der Waals surface area contributed by atoms with Crippen LogP contribution < -0.4 is 25.8 Å². The lowest BCUT2D eigenvalue weighted by Crippen LogP contribution is -2.41. The van der Waals surface area contributed by atoms with Crippen molar-refractivity contribution in [1.29, 1.82) is 0 Å². The van der Waals surface area contributed by atoms with E-state index in [0.717, 1.165) is 54.6 Å². The van der Waals surface area contributed by atoms with Crippen molar-refractivity contribution in [3.05, 3.63) is 63.1 Å². The van der Waals surface area contributed by atoms with Crippen LogP contribution in [0.5, 0.6) is 11.5 Å². The largest absolute Gasteiger partial charge is 0.493 e. The third-order valence-corrected chi connectivity index (χ3v) is 7.72. The van der Waals surface area contributed by atoms with E-state index >= 15 is 0 Å². The van der Waals surface area contributed by atoms with E-state index in [-0.39, 0.29) is 17.8 Å². The Labute approximate surface area is 212 Å². The van der Waals surface area contributed by atoms with Crippen molar-refractivity contribution < 1.29 is 9.47 Å². The fourth-order valence-corrected chi connectivity index (χ4v) is 6.05. The molecular formula is C29H36N4O3. The molecule has 1 aromatic heterocycles. The molecule has 1 fully saturated rings. The van der Waals surface area contributed by atoms with Gasteiger partial charge >= 0.3 is 5.69 Å². The van der Waals surface area contributed by atoms with Gasteiger partial charge in [0, 0.05) is 35.9 Å². The molecule has 2 aliphatic rings. The predicted molar refractivity (Wildman–Crippen MR) is 144 cm³/mol. The summed E-state index contributed by atoms with van der Waals surface area (Å²) in [5, 5.41) is 0. The molecular weight excluding hydrogens is 452 g/mol. The van der Waals surface area contributed by atoms with Gasteiger partial charge in [0.1, 0.15) is 5.82 Å². The number of methoxy groups -OCH3 is 2. The number of hydrogen-bond donors (Lipinski definition) is 1. The number of nitrogens with zero attached hydrogens (tertiary/aromatic N) is 3. The molecule has 2 aromatic carbocycles. The van der Waals surface area contributed by atoms with Crippen molar-refractivity contribution >= 4 is 11.5 Å². The minimum atomic E-state index is -0.220. The summed E-state index contributed by atoms with van der Waals surface area (Å²) in [6.07, 6.45) is 4.61. The first-order valence-electron chi connectivity index (χ1n) is 12.8. The van der Waals surface area contributed by atoms with Crippen molar-refractivity contribution in [3.8, 4) is 22.8 Å². The molecule has 1 aliphatic carbocycles. The Balaban J connectivity index is 1.70. The summed E-state index contributed by atoms with van der Waals surface area (Å²) in [4.78, 5) is 20.4. The number of nitrogens with two attached hydrogens (primary N) is 1. The summed E-state index contributed by atoms with van der Waals surface area (Å²) in [5.41, 5.74) is 13.8. The molecule has 7 heteroatoms.